The maximum Gasteiger partial charge on any atom is 0.335 e. The standard InChI is InChI=1S/C8H8ClFO4S/c1-13-5-14-7-3-2-6(9)4-8(7)15(10,11)12/h2-4H,5H2,1H3. The molecule has 7 heteroatoms. The van der Waals surface area contributed by atoms with E-state index in [1.54, 1.807) is 0 Å². The van der Waals surface area contributed by atoms with Gasteiger partial charge in [0.1, 0.15) is 10.6 Å². The molecule has 0 saturated heterocycles. The molecule has 15 heavy (non-hydrogen) atoms. The van der Waals surface area contributed by atoms with Crippen LogP contribution in [0, 0.1) is 0 Å². The fraction of sp³-hybridized carbons (Fsp3) is 0.250. The van der Waals surface area contributed by atoms with Crippen LogP contribution in [0.4, 0.5) is 3.89 Å². The van der Waals surface area contributed by atoms with E-state index >= 15 is 0 Å². The Bertz CT molecular complexity index is 446. The molecule has 0 amide bonds. The highest BCUT2D eigenvalue weighted by molar-refractivity contribution is 7.86. The molecule has 0 aliphatic heterocycles. The predicted molar refractivity (Wildman–Crippen MR) is 52.2 cm³/mol. The van der Waals surface area contributed by atoms with E-state index < -0.39 is 15.1 Å². The van der Waals surface area contributed by atoms with Gasteiger partial charge in [-0.1, -0.05) is 11.6 Å². The summed E-state index contributed by atoms with van der Waals surface area (Å²) in [7, 11) is -3.49. The van der Waals surface area contributed by atoms with Crippen LogP contribution in [0.1, 0.15) is 0 Å². The quantitative estimate of drug-likeness (QED) is 0.609. The summed E-state index contributed by atoms with van der Waals surface area (Å²) in [5.41, 5.74) is 0. The minimum Gasteiger partial charge on any atom is -0.466 e. The van der Waals surface area contributed by atoms with Crippen molar-refractivity contribution >= 4 is 21.8 Å². The molecular weight excluding hydrogens is 247 g/mol. The topological polar surface area (TPSA) is 52.6 Å². The molecule has 0 N–H and O–H groups in total. The Morgan fingerprint density at radius 3 is 2.67 bits per heavy atom. The lowest BCUT2D eigenvalue weighted by Crippen LogP contribution is -2.03. The summed E-state index contributed by atoms with van der Waals surface area (Å²) in [5, 5.41) is 0.107. The van der Waals surface area contributed by atoms with Crippen molar-refractivity contribution in [3.8, 4) is 5.75 Å². The maximum absolute atomic E-state index is 12.8. The molecule has 0 aliphatic carbocycles. The van der Waals surface area contributed by atoms with E-state index in [1.165, 1.54) is 19.2 Å². The van der Waals surface area contributed by atoms with Crippen molar-refractivity contribution in [2.24, 2.45) is 0 Å². The zero-order valence-corrected chi connectivity index (χ0v) is 9.31. The lowest BCUT2D eigenvalue weighted by Gasteiger charge is -2.07. The Morgan fingerprint density at radius 2 is 2.13 bits per heavy atom. The van der Waals surface area contributed by atoms with Crippen LogP contribution in [-0.2, 0) is 15.0 Å². The molecule has 1 rings (SSSR count). The first-order valence-electron chi connectivity index (χ1n) is 3.81. The largest absolute Gasteiger partial charge is 0.466 e. The monoisotopic (exact) mass is 254 g/mol. The van der Waals surface area contributed by atoms with Gasteiger partial charge in [-0.2, -0.15) is 8.42 Å². The maximum atomic E-state index is 12.8. The second kappa shape index (κ2) is 4.78. The van der Waals surface area contributed by atoms with Crippen molar-refractivity contribution in [1.29, 1.82) is 0 Å². The number of hydrogen-bond acceptors (Lipinski definition) is 4. The molecule has 0 aliphatic rings. The summed E-state index contributed by atoms with van der Waals surface area (Å²) >= 11 is 5.54. The molecule has 0 aromatic heterocycles. The van der Waals surface area contributed by atoms with Crippen LogP contribution in [0.15, 0.2) is 23.1 Å². The number of methoxy groups -OCH3 is 1. The Labute approximate surface area is 91.8 Å². The van der Waals surface area contributed by atoms with Gasteiger partial charge >= 0.3 is 10.2 Å². The minimum absolute atomic E-state index is 0.107. The number of ether oxygens (including phenoxy) is 2. The average Bonchev–Trinajstić information content (AvgIpc) is 2.14. The molecular formula is C8H8ClFO4S. The smallest absolute Gasteiger partial charge is 0.335 e. The molecule has 1 aromatic carbocycles. The van der Waals surface area contributed by atoms with Crippen molar-refractivity contribution < 1.29 is 21.8 Å². The van der Waals surface area contributed by atoms with Gasteiger partial charge in [0, 0.05) is 12.1 Å². The second-order valence-electron chi connectivity index (χ2n) is 2.58. The van der Waals surface area contributed by atoms with Crippen LogP contribution in [0.5, 0.6) is 5.75 Å². The molecule has 0 bridgehead atoms. The highest BCUT2D eigenvalue weighted by Crippen LogP contribution is 2.28. The minimum atomic E-state index is -4.85. The Morgan fingerprint density at radius 1 is 1.47 bits per heavy atom. The zero-order valence-electron chi connectivity index (χ0n) is 7.74. The molecule has 0 saturated carbocycles. The molecule has 0 unspecified atom stereocenters. The van der Waals surface area contributed by atoms with Crippen LogP contribution < -0.4 is 4.74 Å². The van der Waals surface area contributed by atoms with Crippen molar-refractivity contribution in [3.63, 3.8) is 0 Å². The molecule has 0 atom stereocenters. The lowest BCUT2D eigenvalue weighted by molar-refractivity contribution is 0.0490. The van der Waals surface area contributed by atoms with Gasteiger partial charge in [0.15, 0.2) is 6.79 Å². The summed E-state index contributed by atoms with van der Waals surface area (Å²) in [4.78, 5) is -0.605. The van der Waals surface area contributed by atoms with Crippen molar-refractivity contribution in [1.82, 2.24) is 0 Å². The van der Waals surface area contributed by atoms with Crippen LogP contribution >= 0.6 is 11.6 Å². The van der Waals surface area contributed by atoms with Crippen molar-refractivity contribution in [2.75, 3.05) is 13.9 Å². The van der Waals surface area contributed by atoms with Crippen LogP contribution in [-0.4, -0.2) is 22.3 Å². The number of rotatable bonds is 4. The fourth-order valence-electron chi connectivity index (χ4n) is 0.914. The summed E-state index contributed by atoms with van der Waals surface area (Å²) in [6.07, 6.45) is 0. The lowest BCUT2D eigenvalue weighted by atomic mass is 10.3. The molecule has 4 nitrogen and oxygen atoms in total. The third-order valence-corrected chi connectivity index (χ3v) is 2.58. The first kappa shape index (κ1) is 12.2. The molecule has 0 heterocycles. The van der Waals surface area contributed by atoms with E-state index in [0.29, 0.717) is 0 Å². The van der Waals surface area contributed by atoms with Crippen LogP contribution in [0.2, 0.25) is 5.02 Å². The normalized spacial score (nSPS) is 11.4. The van der Waals surface area contributed by atoms with E-state index in [0.717, 1.165) is 6.07 Å². The van der Waals surface area contributed by atoms with Gasteiger partial charge in [-0.05, 0) is 18.2 Å². The van der Waals surface area contributed by atoms with Gasteiger partial charge in [-0.15, -0.1) is 3.89 Å². The van der Waals surface area contributed by atoms with E-state index in [-0.39, 0.29) is 17.6 Å². The molecule has 84 valence electrons. The average molecular weight is 255 g/mol. The van der Waals surface area contributed by atoms with Gasteiger partial charge < -0.3 is 9.47 Å². The zero-order chi connectivity index (χ0) is 11.5. The molecule has 1 aromatic rings. The highest BCUT2D eigenvalue weighted by Gasteiger charge is 2.19. The van der Waals surface area contributed by atoms with Gasteiger partial charge in [0.25, 0.3) is 0 Å². The van der Waals surface area contributed by atoms with Gasteiger partial charge in [0.05, 0.1) is 0 Å². The number of benzene rings is 1. The molecule has 0 spiro atoms. The molecule has 0 radical (unpaired) electrons. The predicted octanol–water partition coefficient (Wildman–Crippen LogP) is 1.98. The van der Waals surface area contributed by atoms with Gasteiger partial charge in [0.2, 0.25) is 0 Å². The van der Waals surface area contributed by atoms with Crippen molar-refractivity contribution in [3.05, 3.63) is 23.2 Å². The summed E-state index contributed by atoms with van der Waals surface area (Å²) < 4.78 is 43.7. The van der Waals surface area contributed by atoms with Crippen molar-refractivity contribution in [2.45, 2.75) is 4.90 Å². The number of halogens is 2. The van der Waals surface area contributed by atoms with Crippen LogP contribution in [0.25, 0.3) is 0 Å². The van der Waals surface area contributed by atoms with E-state index in [2.05, 4.69) is 4.74 Å². The second-order valence-corrected chi connectivity index (χ2v) is 4.33. The number of hydrogen-bond donors (Lipinski definition) is 0. The van der Waals surface area contributed by atoms with Gasteiger partial charge in [-0.25, -0.2) is 0 Å². The fourth-order valence-corrected chi connectivity index (χ4v) is 1.79. The Kier molecular flexibility index (Phi) is 3.90. The Hall–Kier alpha value is -0.850. The van der Waals surface area contributed by atoms with E-state index in [1.807, 2.05) is 0 Å². The third kappa shape index (κ3) is 3.33. The van der Waals surface area contributed by atoms with E-state index in [4.69, 9.17) is 16.3 Å². The van der Waals surface area contributed by atoms with E-state index in [9.17, 15) is 12.3 Å². The SMILES string of the molecule is COCOc1ccc(Cl)cc1S(=O)(=O)F. The molecule has 0 fully saturated rings. The van der Waals surface area contributed by atoms with Gasteiger partial charge in [-0.3, -0.25) is 0 Å². The summed E-state index contributed by atoms with van der Waals surface area (Å²) in [6, 6.07) is 3.62. The summed E-state index contributed by atoms with van der Waals surface area (Å²) in [5.74, 6) is -0.135. The summed E-state index contributed by atoms with van der Waals surface area (Å²) in [6.45, 7) is -0.176. The first-order valence-corrected chi connectivity index (χ1v) is 5.57. The highest BCUT2D eigenvalue weighted by atomic mass is 35.5. The Balaban J connectivity index is 3.15. The first-order chi connectivity index (χ1) is 6.95. The third-order valence-electron chi connectivity index (χ3n) is 1.50. The van der Waals surface area contributed by atoms with Crippen LogP contribution in [0.3, 0.4) is 0 Å².